The van der Waals surface area contributed by atoms with Crippen LogP contribution in [-0.4, -0.2) is 13.6 Å². The van der Waals surface area contributed by atoms with E-state index in [4.69, 9.17) is 5.73 Å². The maximum absolute atomic E-state index is 13.2. The third kappa shape index (κ3) is 2.53. The van der Waals surface area contributed by atoms with Crippen LogP contribution >= 0.6 is 0 Å². The Bertz CT molecular complexity index is 372. The quantitative estimate of drug-likeness (QED) is 0.848. The minimum absolute atomic E-state index is 0.132. The molecule has 0 radical (unpaired) electrons. The van der Waals surface area contributed by atoms with Gasteiger partial charge >= 0.3 is 0 Å². The van der Waals surface area contributed by atoms with E-state index in [2.05, 4.69) is 11.9 Å². The van der Waals surface area contributed by atoms with Crippen LogP contribution in [0.4, 0.5) is 10.1 Å². The molecule has 2 nitrogen and oxygen atoms in total. The van der Waals surface area contributed by atoms with Crippen LogP contribution in [0, 0.1) is 11.7 Å². The lowest BCUT2D eigenvalue weighted by atomic mass is 10.1. The highest BCUT2D eigenvalue weighted by Crippen LogP contribution is 2.33. The van der Waals surface area contributed by atoms with Crippen molar-refractivity contribution in [3.05, 3.63) is 29.6 Å². The molecule has 2 N–H and O–H groups in total. The minimum atomic E-state index is -0.212. The van der Waals surface area contributed by atoms with Crippen molar-refractivity contribution in [1.82, 2.24) is 0 Å². The van der Waals surface area contributed by atoms with Gasteiger partial charge in [0.15, 0.2) is 0 Å². The molecule has 0 spiro atoms. The van der Waals surface area contributed by atoms with E-state index in [-0.39, 0.29) is 11.9 Å². The van der Waals surface area contributed by atoms with E-state index in [1.165, 1.54) is 18.9 Å². The third-order valence-electron chi connectivity index (χ3n) is 3.12. The molecule has 16 heavy (non-hydrogen) atoms. The highest BCUT2D eigenvalue weighted by molar-refractivity contribution is 5.54. The van der Waals surface area contributed by atoms with E-state index in [1.54, 1.807) is 6.07 Å². The molecular weight excluding hydrogens is 203 g/mol. The number of hydrogen-bond donors (Lipinski definition) is 1. The zero-order valence-electron chi connectivity index (χ0n) is 9.91. The van der Waals surface area contributed by atoms with Crippen molar-refractivity contribution in [2.45, 2.75) is 25.8 Å². The fourth-order valence-corrected chi connectivity index (χ4v) is 2.02. The fraction of sp³-hybridized carbons (Fsp3) is 0.538. The van der Waals surface area contributed by atoms with E-state index in [0.717, 1.165) is 23.7 Å². The van der Waals surface area contributed by atoms with Crippen molar-refractivity contribution in [2.75, 3.05) is 18.5 Å². The molecule has 2 rings (SSSR count). The van der Waals surface area contributed by atoms with Crippen LogP contribution in [-0.2, 0) is 0 Å². The monoisotopic (exact) mass is 222 g/mol. The van der Waals surface area contributed by atoms with Gasteiger partial charge in [-0.05, 0) is 49.4 Å². The Morgan fingerprint density at radius 1 is 1.50 bits per heavy atom. The molecule has 1 aromatic carbocycles. The van der Waals surface area contributed by atoms with Crippen molar-refractivity contribution in [3.8, 4) is 0 Å². The first-order valence-electron chi connectivity index (χ1n) is 5.84. The average Bonchev–Trinajstić information content (AvgIpc) is 3.01. The van der Waals surface area contributed by atoms with E-state index in [0.29, 0.717) is 0 Å². The molecule has 88 valence electrons. The highest BCUT2D eigenvalue weighted by Gasteiger charge is 2.24. The normalized spacial score (nSPS) is 17.2. The molecule has 1 saturated carbocycles. The first kappa shape index (κ1) is 11.4. The molecule has 0 unspecified atom stereocenters. The Morgan fingerprint density at radius 3 is 2.75 bits per heavy atom. The average molecular weight is 222 g/mol. The van der Waals surface area contributed by atoms with E-state index in [1.807, 2.05) is 13.0 Å². The van der Waals surface area contributed by atoms with Crippen molar-refractivity contribution in [2.24, 2.45) is 11.7 Å². The fourth-order valence-electron chi connectivity index (χ4n) is 2.02. The Morgan fingerprint density at radius 2 is 2.19 bits per heavy atom. The molecule has 0 aromatic heterocycles. The standard InChI is InChI=1S/C13H19FN2/c1-9(15)12-7-11(14)5-6-13(12)16(2)8-10-3-4-10/h5-7,9-10H,3-4,8,15H2,1-2H3/t9-/m1/s1. The molecule has 3 heteroatoms. The summed E-state index contributed by atoms with van der Waals surface area (Å²) in [5.41, 5.74) is 7.82. The van der Waals surface area contributed by atoms with Crippen LogP contribution in [0.3, 0.4) is 0 Å². The van der Waals surface area contributed by atoms with E-state index in [9.17, 15) is 4.39 Å². The predicted molar refractivity (Wildman–Crippen MR) is 65.0 cm³/mol. The zero-order valence-corrected chi connectivity index (χ0v) is 9.91. The van der Waals surface area contributed by atoms with Gasteiger partial charge in [-0.3, -0.25) is 0 Å². The molecule has 0 heterocycles. The summed E-state index contributed by atoms with van der Waals surface area (Å²) in [5.74, 6) is 0.604. The van der Waals surface area contributed by atoms with Crippen molar-refractivity contribution in [3.63, 3.8) is 0 Å². The smallest absolute Gasteiger partial charge is 0.123 e. The third-order valence-corrected chi connectivity index (χ3v) is 3.12. The Labute approximate surface area is 96.2 Å². The summed E-state index contributed by atoms with van der Waals surface area (Å²) in [7, 11) is 2.05. The second kappa shape index (κ2) is 4.42. The van der Waals surface area contributed by atoms with Gasteiger partial charge in [0.25, 0.3) is 0 Å². The second-order valence-electron chi connectivity index (χ2n) is 4.82. The SMILES string of the molecule is C[C@@H](N)c1cc(F)ccc1N(C)CC1CC1. The van der Waals surface area contributed by atoms with Gasteiger partial charge in [0, 0.05) is 25.3 Å². The van der Waals surface area contributed by atoms with Gasteiger partial charge in [-0.15, -0.1) is 0 Å². The molecule has 1 fully saturated rings. The molecule has 1 aliphatic carbocycles. The van der Waals surface area contributed by atoms with Crippen LogP contribution in [0.5, 0.6) is 0 Å². The van der Waals surface area contributed by atoms with Gasteiger partial charge in [-0.25, -0.2) is 4.39 Å². The molecule has 1 aliphatic rings. The van der Waals surface area contributed by atoms with Gasteiger partial charge in [-0.1, -0.05) is 0 Å². The van der Waals surface area contributed by atoms with Gasteiger partial charge in [0.1, 0.15) is 5.82 Å². The lowest BCUT2D eigenvalue weighted by Gasteiger charge is -2.24. The number of benzene rings is 1. The number of nitrogens with two attached hydrogens (primary N) is 1. The summed E-state index contributed by atoms with van der Waals surface area (Å²) in [4.78, 5) is 2.19. The van der Waals surface area contributed by atoms with Crippen LogP contribution in [0.25, 0.3) is 0 Å². The summed E-state index contributed by atoms with van der Waals surface area (Å²) >= 11 is 0. The van der Waals surface area contributed by atoms with Gasteiger partial charge < -0.3 is 10.6 Å². The molecule has 0 bridgehead atoms. The number of halogens is 1. The molecule has 1 atom stereocenters. The maximum atomic E-state index is 13.2. The van der Waals surface area contributed by atoms with E-state index < -0.39 is 0 Å². The number of hydrogen-bond acceptors (Lipinski definition) is 2. The number of rotatable bonds is 4. The topological polar surface area (TPSA) is 29.3 Å². The molecule has 0 aliphatic heterocycles. The van der Waals surface area contributed by atoms with Crippen molar-refractivity contribution in [1.29, 1.82) is 0 Å². The molecular formula is C13H19FN2. The number of nitrogens with zero attached hydrogens (tertiary/aromatic N) is 1. The van der Waals surface area contributed by atoms with Gasteiger partial charge in [0.05, 0.1) is 0 Å². The Hall–Kier alpha value is -1.09. The van der Waals surface area contributed by atoms with Crippen molar-refractivity contribution < 1.29 is 4.39 Å². The largest absolute Gasteiger partial charge is 0.374 e. The van der Waals surface area contributed by atoms with Crippen LogP contribution in [0.1, 0.15) is 31.4 Å². The van der Waals surface area contributed by atoms with Crippen LogP contribution in [0.2, 0.25) is 0 Å². The second-order valence-corrected chi connectivity index (χ2v) is 4.82. The zero-order chi connectivity index (χ0) is 11.7. The highest BCUT2D eigenvalue weighted by atomic mass is 19.1. The molecule has 0 amide bonds. The van der Waals surface area contributed by atoms with Crippen LogP contribution < -0.4 is 10.6 Å². The summed E-state index contributed by atoms with van der Waals surface area (Å²) in [5, 5.41) is 0. The van der Waals surface area contributed by atoms with E-state index >= 15 is 0 Å². The Balaban J connectivity index is 2.23. The minimum Gasteiger partial charge on any atom is -0.374 e. The summed E-state index contributed by atoms with van der Waals surface area (Å²) in [6.45, 7) is 2.94. The number of anilines is 1. The summed E-state index contributed by atoms with van der Waals surface area (Å²) in [6, 6.07) is 4.75. The predicted octanol–water partition coefficient (Wildman–Crippen LogP) is 2.69. The molecule has 0 saturated heterocycles. The van der Waals surface area contributed by atoms with Gasteiger partial charge in [-0.2, -0.15) is 0 Å². The summed E-state index contributed by atoms with van der Waals surface area (Å²) < 4.78 is 13.2. The lowest BCUT2D eigenvalue weighted by Crippen LogP contribution is -2.23. The first-order chi connectivity index (χ1) is 7.58. The first-order valence-corrected chi connectivity index (χ1v) is 5.84. The lowest BCUT2D eigenvalue weighted by molar-refractivity contribution is 0.621. The maximum Gasteiger partial charge on any atom is 0.123 e. The summed E-state index contributed by atoms with van der Waals surface area (Å²) in [6.07, 6.45) is 2.64. The van der Waals surface area contributed by atoms with Crippen molar-refractivity contribution >= 4 is 5.69 Å². The van der Waals surface area contributed by atoms with Crippen LogP contribution in [0.15, 0.2) is 18.2 Å². The molecule has 1 aromatic rings. The van der Waals surface area contributed by atoms with Gasteiger partial charge in [0.2, 0.25) is 0 Å². The Kier molecular flexibility index (Phi) is 3.15.